The van der Waals surface area contributed by atoms with Crippen molar-refractivity contribution in [1.82, 2.24) is 14.8 Å². The number of sulfonamides is 1. The van der Waals surface area contributed by atoms with E-state index < -0.39 is 39.4 Å². The first kappa shape index (κ1) is 28.3. The van der Waals surface area contributed by atoms with Gasteiger partial charge in [-0.15, -0.1) is 11.3 Å². The van der Waals surface area contributed by atoms with Gasteiger partial charge in [-0.1, -0.05) is 29.4 Å². The van der Waals surface area contributed by atoms with Crippen molar-refractivity contribution in [2.45, 2.75) is 41.1 Å². The Morgan fingerprint density at radius 3 is 2.48 bits per heavy atom. The first-order chi connectivity index (χ1) is 18.9. The predicted molar refractivity (Wildman–Crippen MR) is 135 cm³/mol. The molecule has 2 N–H and O–H groups in total. The molecule has 1 amide bonds. The van der Waals surface area contributed by atoms with Crippen LogP contribution in [0.4, 0.5) is 13.2 Å². The van der Waals surface area contributed by atoms with Crippen LogP contribution in [0.3, 0.4) is 0 Å². The number of alkyl halides is 3. The Kier molecular flexibility index (Phi) is 7.50. The number of halogens is 3. The average Bonchev–Trinajstić information content (AvgIpc) is 3.27. The van der Waals surface area contributed by atoms with E-state index in [0.717, 1.165) is 5.56 Å². The highest BCUT2D eigenvalue weighted by Crippen LogP contribution is 2.52. The van der Waals surface area contributed by atoms with E-state index >= 15 is 0 Å². The Labute approximate surface area is 230 Å². The maximum atomic E-state index is 13.1. The van der Waals surface area contributed by atoms with Crippen molar-refractivity contribution in [3.63, 3.8) is 0 Å². The molecule has 3 aromatic rings. The smallest absolute Gasteiger partial charge is 0.452 e. The molecule has 2 atom stereocenters. The third-order valence-corrected chi connectivity index (χ3v) is 10.0. The second kappa shape index (κ2) is 10.6. The predicted octanol–water partition coefficient (Wildman–Crippen LogP) is 3.50. The fourth-order valence-electron chi connectivity index (χ4n) is 4.61. The van der Waals surface area contributed by atoms with Crippen LogP contribution in [0, 0.1) is 0 Å². The van der Waals surface area contributed by atoms with E-state index in [1.807, 2.05) is 0 Å². The number of carbonyl (C=O) groups is 2. The van der Waals surface area contributed by atoms with Crippen LogP contribution < -0.4 is 4.72 Å². The summed E-state index contributed by atoms with van der Waals surface area (Å²) in [4.78, 5) is 26.4. The third-order valence-electron chi connectivity index (χ3n) is 6.92. The van der Waals surface area contributed by atoms with Crippen LogP contribution in [-0.4, -0.2) is 67.3 Å². The molecule has 1 saturated heterocycles. The van der Waals surface area contributed by atoms with Crippen LogP contribution >= 0.6 is 11.3 Å². The summed E-state index contributed by atoms with van der Waals surface area (Å²) < 4.78 is 76.2. The minimum Gasteiger partial charge on any atom is -0.480 e. The summed E-state index contributed by atoms with van der Waals surface area (Å²) in [6, 6.07) is 10.1. The van der Waals surface area contributed by atoms with Crippen molar-refractivity contribution >= 4 is 33.2 Å². The van der Waals surface area contributed by atoms with Gasteiger partial charge in [-0.2, -0.15) is 17.9 Å². The van der Waals surface area contributed by atoms with E-state index in [0.29, 0.717) is 62.1 Å². The lowest BCUT2D eigenvalue weighted by molar-refractivity contribution is -0.155. The molecule has 0 bridgehead atoms. The first-order valence-corrected chi connectivity index (χ1v) is 14.5. The van der Waals surface area contributed by atoms with Gasteiger partial charge in [-0.25, -0.2) is 8.42 Å². The normalized spacial score (nSPS) is 21.4. The van der Waals surface area contributed by atoms with Gasteiger partial charge in [-0.3, -0.25) is 9.59 Å². The van der Waals surface area contributed by atoms with Gasteiger partial charge in [0.2, 0.25) is 11.7 Å². The number of carboxylic acid groups (broad SMARTS) is 1. The zero-order valence-electron chi connectivity index (χ0n) is 20.8. The molecule has 1 aliphatic heterocycles. The monoisotopic (exact) mass is 599 g/mol. The number of aryl methyl sites for hydroxylation is 1. The van der Waals surface area contributed by atoms with Gasteiger partial charge in [0.15, 0.2) is 0 Å². The lowest BCUT2D eigenvalue weighted by atomic mass is 10.0. The number of nitrogens with zero attached hydrogens (tertiary/aromatic N) is 2. The molecule has 0 radical (unpaired) electrons. The van der Waals surface area contributed by atoms with Crippen molar-refractivity contribution in [2.24, 2.45) is 0 Å². The Balaban J connectivity index is 1.25. The lowest BCUT2D eigenvalue weighted by Gasteiger charge is -2.26. The Morgan fingerprint density at radius 2 is 1.85 bits per heavy atom. The summed E-state index contributed by atoms with van der Waals surface area (Å²) in [6.07, 6.45) is -3.88. The zero-order valence-corrected chi connectivity index (χ0v) is 22.4. The highest BCUT2D eigenvalue weighted by atomic mass is 32.2. The molecule has 2 aliphatic rings. The van der Waals surface area contributed by atoms with Gasteiger partial charge in [0.1, 0.15) is 15.4 Å². The molecule has 1 saturated carbocycles. The zero-order chi connectivity index (χ0) is 28.7. The minimum atomic E-state index is -4.74. The van der Waals surface area contributed by atoms with E-state index in [4.69, 9.17) is 4.74 Å². The number of hydrogen-bond donors (Lipinski definition) is 2. The van der Waals surface area contributed by atoms with Gasteiger partial charge >= 0.3 is 12.1 Å². The standard InChI is InChI=1S/C25H24F3N3O7S2/c26-25(27,28)20-13-18(29-38-20)19-6-8-22(39-19)40(35,36)30-24(23(33)34)14-17(24)16-4-1-15(2-5-16)3-7-21(32)31-9-11-37-12-10-31/h1-2,4-6,8,13,17,30H,3,7,9-12,14H2,(H,33,34)/t17-,24+/m1/s1. The molecular formula is C25H24F3N3O7S2. The fraction of sp³-hybridized carbons (Fsp3) is 0.400. The number of aromatic nitrogens is 1. The first-order valence-electron chi connectivity index (χ1n) is 12.2. The highest BCUT2D eigenvalue weighted by Gasteiger charge is 2.63. The Morgan fingerprint density at radius 1 is 1.15 bits per heavy atom. The van der Waals surface area contributed by atoms with Crippen molar-refractivity contribution in [3.8, 4) is 10.6 Å². The summed E-state index contributed by atoms with van der Waals surface area (Å²) in [5.74, 6) is -3.26. The molecule has 1 aliphatic carbocycles. The van der Waals surface area contributed by atoms with Crippen LogP contribution in [0.2, 0.25) is 0 Å². The van der Waals surface area contributed by atoms with E-state index in [1.54, 1.807) is 29.2 Å². The Bertz CT molecular complexity index is 1510. The SMILES string of the molecule is O=C(CCc1ccc([C@H]2C[C@@]2(NS(=O)(=O)c2ccc(-c3cc(C(F)(F)F)on3)s2)C(=O)O)cc1)N1CCOCC1. The number of ether oxygens (including phenoxy) is 1. The molecule has 10 nitrogen and oxygen atoms in total. The Hall–Kier alpha value is -3.27. The summed E-state index contributed by atoms with van der Waals surface area (Å²) >= 11 is 0.643. The molecule has 5 rings (SSSR count). The van der Waals surface area contributed by atoms with E-state index in [-0.39, 0.29) is 27.1 Å². The number of carboxylic acids is 1. The number of hydrogen-bond acceptors (Lipinski definition) is 8. The quantitative estimate of drug-likeness (QED) is 0.381. The number of nitrogens with one attached hydrogen (secondary N) is 1. The van der Waals surface area contributed by atoms with Crippen LogP contribution in [0.5, 0.6) is 0 Å². The van der Waals surface area contributed by atoms with E-state index in [1.165, 1.54) is 12.1 Å². The molecule has 2 fully saturated rings. The second-order valence-corrected chi connectivity index (χ2v) is 12.6. The van der Waals surface area contributed by atoms with Crippen molar-refractivity contribution < 1.29 is 45.5 Å². The molecular weight excluding hydrogens is 575 g/mol. The minimum absolute atomic E-state index is 0.0207. The number of rotatable bonds is 9. The number of thiophene rings is 1. The summed E-state index contributed by atoms with van der Waals surface area (Å²) in [7, 11) is -4.33. The van der Waals surface area contributed by atoms with Crippen LogP contribution in [0.25, 0.3) is 10.6 Å². The van der Waals surface area contributed by atoms with Gasteiger partial charge in [0.25, 0.3) is 10.0 Å². The number of aliphatic carboxylic acids is 1. The van der Waals surface area contributed by atoms with Crippen LogP contribution in [0.15, 0.2) is 51.2 Å². The maximum Gasteiger partial charge on any atom is 0.452 e. The van der Waals surface area contributed by atoms with E-state index in [2.05, 4.69) is 14.4 Å². The summed E-state index contributed by atoms with van der Waals surface area (Å²) in [5.41, 5.74) is -0.445. The summed E-state index contributed by atoms with van der Waals surface area (Å²) in [6.45, 7) is 2.18. The number of benzene rings is 1. The topological polar surface area (TPSA) is 139 Å². The van der Waals surface area contributed by atoms with Gasteiger partial charge in [0, 0.05) is 31.5 Å². The van der Waals surface area contributed by atoms with Gasteiger partial charge < -0.3 is 19.3 Å². The molecule has 0 spiro atoms. The molecule has 2 aromatic heterocycles. The van der Waals surface area contributed by atoms with Gasteiger partial charge in [0.05, 0.1) is 18.1 Å². The molecule has 15 heteroatoms. The van der Waals surface area contributed by atoms with Crippen molar-refractivity contribution in [2.75, 3.05) is 26.3 Å². The number of carbonyl (C=O) groups excluding carboxylic acids is 1. The number of amides is 1. The second-order valence-electron chi connectivity index (χ2n) is 9.57. The molecule has 1 aromatic carbocycles. The molecule has 40 heavy (non-hydrogen) atoms. The molecule has 3 heterocycles. The van der Waals surface area contributed by atoms with Crippen molar-refractivity contribution in [1.29, 1.82) is 0 Å². The number of morpholine rings is 1. The fourth-order valence-corrected chi connectivity index (χ4v) is 7.28. The highest BCUT2D eigenvalue weighted by molar-refractivity contribution is 7.91. The molecule has 214 valence electrons. The van der Waals surface area contributed by atoms with Crippen molar-refractivity contribution in [3.05, 3.63) is 59.4 Å². The van der Waals surface area contributed by atoms with Crippen LogP contribution in [-0.2, 0) is 36.9 Å². The molecule has 0 unspecified atom stereocenters. The average molecular weight is 600 g/mol. The van der Waals surface area contributed by atoms with Crippen LogP contribution in [0.1, 0.15) is 35.6 Å². The maximum absolute atomic E-state index is 13.1. The lowest BCUT2D eigenvalue weighted by Crippen LogP contribution is -2.44. The van der Waals surface area contributed by atoms with E-state index in [9.17, 15) is 36.3 Å². The third kappa shape index (κ3) is 5.77. The largest absolute Gasteiger partial charge is 0.480 e. The summed E-state index contributed by atoms with van der Waals surface area (Å²) in [5, 5.41) is 13.3. The van der Waals surface area contributed by atoms with Gasteiger partial charge in [-0.05, 0) is 36.1 Å².